The van der Waals surface area contributed by atoms with Gasteiger partial charge in [-0.25, -0.2) is 13.2 Å². The summed E-state index contributed by atoms with van der Waals surface area (Å²) in [6.07, 6.45) is -2.58. The molecule has 0 radical (unpaired) electrons. The van der Waals surface area contributed by atoms with Crippen LogP contribution < -0.4 is 0 Å². The number of aromatic nitrogens is 1. The Bertz CT molecular complexity index is 387. The van der Waals surface area contributed by atoms with E-state index in [0.717, 1.165) is 6.20 Å². The van der Waals surface area contributed by atoms with E-state index in [0.29, 0.717) is 0 Å². The van der Waals surface area contributed by atoms with E-state index in [1.54, 1.807) is 6.07 Å². The van der Waals surface area contributed by atoms with Crippen molar-refractivity contribution < 1.29 is 13.2 Å². The van der Waals surface area contributed by atoms with Crippen molar-refractivity contribution >= 4 is 11.6 Å². The molecule has 14 heavy (non-hydrogen) atoms. The van der Waals surface area contributed by atoms with E-state index in [9.17, 15) is 13.2 Å². The molecule has 2 nitrogen and oxygen atoms in total. The number of hydrogen-bond acceptors (Lipinski definition) is 2. The first-order chi connectivity index (χ1) is 6.57. The summed E-state index contributed by atoms with van der Waals surface area (Å²) in [5.41, 5.74) is -1.16. The molecule has 0 bridgehead atoms. The van der Waals surface area contributed by atoms with Crippen molar-refractivity contribution in [3.05, 3.63) is 28.3 Å². The van der Waals surface area contributed by atoms with Gasteiger partial charge < -0.3 is 0 Å². The molecule has 0 aliphatic rings. The number of rotatable bonds is 2. The Morgan fingerprint density at radius 1 is 1.57 bits per heavy atom. The zero-order chi connectivity index (χ0) is 10.7. The Hall–Kier alpha value is -1.28. The second-order valence-electron chi connectivity index (χ2n) is 2.42. The summed E-state index contributed by atoms with van der Waals surface area (Å²) in [7, 11) is 0. The van der Waals surface area contributed by atoms with Crippen molar-refractivity contribution in [1.82, 2.24) is 4.98 Å². The van der Waals surface area contributed by atoms with Gasteiger partial charge in [0, 0.05) is 11.8 Å². The van der Waals surface area contributed by atoms with Crippen molar-refractivity contribution in [2.45, 2.75) is 12.8 Å². The highest BCUT2D eigenvalue weighted by Crippen LogP contribution is 2.26. The minimum Gasteiger partial charge on any atom is -0.253 e. The fraction of sp³-hybridized carbons (Fsp3) is 0.250. The number of nitrogens with zero attached hydrogens (tertiary/aromatic N) is 2. The molecule has 0 fully saturated rings. The molecule has 0 N–H and O–H groups in total. The first kappa shape index (κ1) is 10.8. The SMILES string of the molecule is N#CCc1c(C(F)F)ncc(Cl)c1F. The van der Waals surface area contributed by atoms with Crippen LogP contribution in [0.25, 0.3) is 0 Å². The lowest BCUT2D eigenvalue weighted by atomic mass is 10.1. The van der Waals surface area contributed by atoms with E-state index < -0.39 is 29.9 Å². The third kappa shape index (κ3) is 1.96. The van der Waals surface area contributed by atoms with E-state index in [-0.39, 0.29) is 5.02 Å². The van der Waals surface area contributed by atoms with Crippen LogP contribution in [0, 0.1) is 17.1 Å². The van der Waals surface area contributed by atoms with Crippen LogP contribution in [-0.4, -0.2) is 4.98 Å². The normalized spacial score (nSPS) is 10.3. The Morgan fingerprint density at radius 3 is 2.71 bits per heavy atom. The Kier molecular flexibility index (Phi) is 3.31. The first-order valence-corrected chi connectivity index (χ1v) is 3.93. The van der Waals surface area contributed by atoms with E-state index in [4.69, 9.17) is 16.9 Å². The van der Waals surface area contributed by atoms with Crippen molar-refractivity contribution in [2.24, 2.45) is 0 Å². The van der Waals surface area contributed by atoms with E-state index in [2.05, 4.69) is 4.98 Å². The second kappa shape index (κ2) is 4.29. The lowest BCUT2D eigenvalue weighted by molar-refractivity contribution is 0.144. The van der Waals surface area contributed by atoms with E-state index >= 15 is 0 Å². The maximum Gasteiger partial charge on any atom is 0.280 e. The largest absolute Gasteiger partial charge is 0.280 e. The number of nitriles is 1. The smallest absolute Gasteiger partial charge is 0.253 e. The van der Waals surface area contributed by atoms with Gasteiger partial charge in [-0.3, -0.25) is 4.98 Å². The fourth-order valence-electron chi connectivity index (χ4n) is 0.953. The topological polar surface area (TPSA) is 36.7 Å². The van der Waals surface area contributed by atoms with Crippen molar-refractivity contribution in [1.29, 1.82) is 5.26 Å². The number of alkyl halides is 2. The average Bonchev–Trinajstić information content (AvgIpc) is 2.13. The van der Waals surface area contributed by atoms with E-state index in [1.165, 1.54) is 0 Å². The Morgan fingerprint density at radius 2 is 2.21 bits per heavy atom. The number of halogens is 4. The van der Waals surface area contributed by atoms with Gasteiger partial charge in [0.15, 0.2) is 0 Å². The molecule has 0 aliphatic carbocycles. The summed E-state index contributed by atoms with van der Waals surface area (Å²) in [4.78, 5) is 3.28. The van der Waals surface area contributed by atoms with Crippen LogP contribution >= 0.6 is 11.6 Å². The van der Waals surface area contributed by atoms with Gasteiger partial charge in [0.1, 0.15) is 11.5 Å². The van der Waals surface area contributed by atoms with Crippen LogP contribution in [0.2, 0.25) is 5.02 Å². The second-order valence-corrected chi connectivity index (χ2v) is 2.83. The van der Waals surface area contributed by atoms with E-state index in [1.807, 2.05) is 0 Å². The van der Waals surface area contributed by atoms with Crippen LogP contribution in [0.1, 0.15) is 17.7 Å². The first-order valence-electron chi connectivity index (χ1n) is 3.55. The molecule has 0 saturated heterocycles. The standard InChI is InChI=1S/C8H4ClF3N2/c9-5-3-14-7(8(11)12)4(1-2-13)6(5)10/h3,8H,1H2. The zero-order valence-electron chi connectivity index (χ0n) is 6.77. The predicted molar refractivity (Wildman–Crippen MR) is 43.5 cm³/mol. The molecule has 0 saturated carbocycles. The minimum atomic E-state index is -2.91. The van der Waals surface area contributed by atoms with Crippen LogP contribution in [0.5, 0.6) is 0 Å². The third-order valence-corrected chi connectivity index (χ3v) is 1.83. The summed E-state index contributed by atoms with van der Waals surface area (Å²) in [6, 6.07) is 1.58. The van der Waals surface area contributed by atoms with Gasteiger partial charge in [-0.2, -0.15) is 5.26 Å². The fourth-order valence-corrected chi connectivity index (χ4v) is 1.12. The number of pyridine rings is 1. The van der Waals surface area contributed by atoms with Crippen molar-refractivity contribution in [2.75, 3.05) is 0 Å². The molecule has 1 aromatic rings. The molecule has 1 aromatic heterocycles. The van der Waals surface area contributed by atoms with Crippen LogP contribution in [0.4, 0.5) is 13.2 Å². The van der Waals surface area contributed by atoms with Gasteiger partial charge in [-0.05, 0) is 0 Å². The molecular formula is C8H4ClF3N2. The lowest BCUT2D eigenvalue weighted by Gasteiger charge is -2.06. The summed E-state index contributed by atoms with van der Waals surface area (Å²) in [6.45, 7) is 0. The Labute approximate surface area is 82.9 Å². The van der Waals surface area contributed by atoms with Gasteiger partial charge >= 0.3 is 0 Å². The molecule has 0 spiro atoms. The highest BCUT2D eigenvalue weighted by atomic mass is 35.5. The maximum atomic E-state index is 13.2. The number of hydrogen-bond donors (Lipinski definition) is 0. The van der Waals surface area contributed by atoms with Crippen molar-refractivity contribution in [3.63, 3.8) is 0 Å². The third-order valence-electron chi connectivity index (χ3n) is 1.56. The molecule has 6 heteroatoms. The van der Waals surface area contributed by atoms with Gasteiger partial charge in [0.05, 0.1) is 17.5 Å². The summed E-state index contributed by atoms with van der Waals surface area (Å²) in [5, 5.41) is 7.95. The molecule has 0 atom stereocenters. The molecule has 0 aliphatic heterocycles. The van der Waals surface area contributed by atoms with Crippen LogP contribution in [0.3, 0.4) is 0 Å². The Balaban J connectivity index is 3.31. The van der Waals surface area contributed by atoms with Crippen molar-refractivity contribution in [3.8, 4) is 6.07 Å². The monoisotopic (exact) mass is 220 g/mol. The van der Waals surface area contributed by atoms with Gasteiger partial charge in [0.25, 0.3) is 6.43 Å². The van der Waals surface area contributed by atoms with Crippen LogP contribution in [0.15, 0.2) is 6.20 Å². The molecule has 0 amide bonds. The molecule has 1 heterocycles. The highest BCUT2D eigenvalue weighted by molar-refractivity contribution is 6.30. The highest BCUT2D eigenvalue weighted by Gasteiger charge is 2.20. The quantitative estimate of drug-likeness (QED) is 0.768. The predicted octanol–water partition coefficient (Wildman–Crippen LogP) is 2.88. The average molecular weight is 221 g/mol. The molecular weight excluding hydrogens is 217 g/mol. The minimum absolute atomic E-state index is 0.361. The molecule has 0 aromatic carbocycles. The summed E-state index contributed by atoms with van der Waals surface area (Å²) < 4.78 is 37.7. The van der Waals surface area contributed by atoms with Gasteiger partial charge in [-0.15, -0.1) is 0 Å². The van der Waals surface area contributed by atoms with Gasteiger partial charge in [-0.1, -0.05) is 11.6 Å². The summed E-state index contributed by atoms with van der Waals surface area (Å²) in [5.74, 6) is -1.00. The summed E-state index contributed by atoms with van der Waals surface area (Å²) >= 11 is 5.33. The molecule has 1 rings (SSSR count). The molecule has 0 unspecified atom stereocenters. The molecule has 74 valence electrons. The lowest BCUT2D eigenvalue weighted by Crippen LogP contribution is -2.02. The van der Waals surface area contributed by atoms with Gasteiger partial charge in [0.2, 0.25) is 0 Å². The van der Waals surface area contributed by atoms with Crippen LogP contribution in [-0.2, 0) is 6.42 Å². The maximum absolute atomic E-state index is 13.2. The zero-order valence-corrected chi connectivity index (χ0v) is 7.52.